The zero-order valence-corrected chi connectivity index (χ0v) is 13.8. The number of aromatic nitrogens is 2. The monoisotopic (exact) mass is 339 g/mol. The van der Waals surface area contributed by atoms with Crippen LogP contribution in [0.1, 0.15) is 11.3 Å². The molecule has 0 fully saturated rings. The fraction of sp³-hybridized carbons (Fsp3) is 0.267. The summed E-state index contributed by atoms with van der Waals surface area (Å²) in [6.45, 7) is 0. The van der Waals surface area contributed by atoms with Crippen molar-refractivity contribution in [3.63, 3.8) is 0 Å². The molecule has 0 aliphatic carbocycles. The van der Waals surface area contributed by atoms with Crippen LogP contribution < -0.4 is 5.32 Å². The van der Waals surface area contributed by atoms with Gasteiger partial charge in [-0.05, 0) is 31.2 Å². The van der Waals surface area contributed by atoms with E-state index in [1.807, 2.05) is 30.8 Å². The Balaban J connectivity index is 1.74. The van der Waals surface area contributed by atoms with E-state index in [0.717, 1.165) is 29.1 Å². The Labute approximate surface area is 137 Å². The van der Waals surface area contributed by atoms with Gasteiger partial charge >= 0.3 is 0 Å². The standard InChI is InChI=1S/C15H15Cl2N3S/c1-18-12(6-10-2-3-11(16)7-14(10)17)8-13-9-20-4-5-21-15(20)19-13/h2-5,7,9,12,18H,6,8H2,1H3. The first-order chi connectivity index (χ1) is 10.2. The number of hydrogen-bond donors (Lipinski definition) is 1. The van der Waals surface area contributed by atoms with Crippen LogP contribution in [0.25, 0.3) is 4.96 Å². The highest BCUT2D eigenvalue weighted by molar-refractivity contribution is 7.15. The van der Waals surface area contributed by atoms with Crippen LogP contribution in [-0.4, -0.2) is 22.5 Å². The Morgan fingerprint density at radius 2 is 2.19 bits per heavy atom. The van der Waals surface area contributed by atoms with Crippen LogP contribution >= 0.6 is 34.5 Å². The lowest BCUT2D eigenvalue weighted by atomic mass is 10.0. The lowest BCUT2D eigenvalue weighted by molar-refractivity contribution is 0.551. The van der Waals surface area contributed by atoms with Crippen LogP contribution in [0.5, 0.6) is 0 Å². The van der Waals surface area contributed by atoms with Crippen LogP contribution in [0.2, 0.25) is 10.0 Å². The number of likely N-dealkylation sites (N-methyl/N-ethyl adjacent to an activating group) is 1. The molecule has 0 amide bonds. The molecule has 1 N–H and O–H groups in total. The van der Waals surface area contributed by atoms with E-state index in [1.54, 1.807) is 17.4 Å². The van der Waals surface area contributed by atoms with E-state index in [-0.39, 0.29) is 6.04 Å². The summed E-state index contributed by atoms with van der Waals surface area (Å²) >= 11 is 13.8. The van der Waals surface area contributed by atoms with Gasteiger partial charge < -0.3 is 5.32 Å². The van der Waals surface area contributed by atoms with Crippen molar-refractivity contribution in [1.82, 2.24) is 14.7 Å². The summed E-state index contributed by atoms with van der Waals surface area (Å²) in [6.07, 6.45) is 5.82. The lowest BCUT2D eigenvalue weighted by Crippen LogP contribution is -2.30. The summed E-state index contributed by atoms with van der Waals surface area (Å²) in [5, 5.41) is 6.76. The van der Waals surface area contributed by atoms with E-state index >= 15 is 0 Å². The SMILES string of the molecule is CNC(Cc1cn2ccsc2n1)Cc1ccc(Cl)cc1Cl. The minimum Gasteiger partial charge on any atom is -0.316 e. The number of imidazole rings is 1. The van der Waals surface area contributed by atoms with Gasteiger partial charge in [-0.15, -0.1) is 11.3 Å². The van der Waals surface area contributed by atoms with Crippen LogP contribution in [0.15, 0.2) is 36.0 Å². The number of nitrogens with zero attached hydrogens (tertiary/aromatic N) is 2. The van der Waals surface area contributed by atoms with Crippen LogP contribution in [0.3, 0.4) is 0 Å². The number of thiazole rings is 1. The van der Waals surface area contributed by atoms with Gasteiger partial charge in [0.1, 0.15) is 0 Å². The topological polar surface area (TPSA) is 29.3 Å². The zero-order valence-electron chi connectivity index (χ0n) is 11.5. The number of rotatable bonds is 5. The lowest BCUT2D eigenvalue weighted by Gasteiger charge is -2.16. The van der Waals surface area contributed by atoms with Crippen molar-refractivity contribution < 1.29 is 0 Å². The minimum atomic E-state index is 0.285. The molecule has 3 nitrogen and oxygen atoms in total. The van der Waals surface area contributed by atoms with Gasteiger partial charge in [-0.25, -0.2) is 4.98 Å². The normalized spacial score (nSPS) is 12.9. The quantitative estimate of drug-likeness (QED) is 0.758. The maximum atomic E-state index is 6.25. The van der Waals surface area contributed by atoms with Crippen LogP contribution in [0.4, 0.5) is 0 Å². The van der Waals surface area contributed by atoms with E-state index in [1.165, 1.54) is 0 Å². The molecule has 3 rings (SSSR count). The zero-order chi connectivity index (χ0) is 14.8. The van der Waals surface area contributed by atoms with E-state index < -0.39 is 0 Å². The maximum Gasteiger partial charge on any atom is 0.193 e. The third-order valence-corrected chi connectivity index (χ3v) is 4.85. The van der Waals surface area contributed by atoms with Crippen molar-refractivity contribution in [2.45, 2.75) is 18.9 Å². The fourth-order valence-corrected chi connectivity index (χ4v) is 3.56. The molecule has 0 spiro atoms. The molecular formula is C15H15Cl2N3S. The van der Waals surface area contributed by atoms with E-state index in [4.69, 9.17) is 23.2 Å². The molecule has 0 saturated heterocycles. The largest absolute Gasteiger partial charge is 0.316 e. The Hall–Kier alpha value is -1.07. The third kappa shape index (κ3) is 3.40. The number of halogens is 2. The average molecular weight is 340 g/mol. The highest BCUT2D eigenvalue weighted by Gasteiger charge is 2.13. The van der Waals surface area contributed by atoms with Gasteiger partial charge in [-0.1, -0.05) is 29.3 Å². The van der Waals surface area contributed by atoms with Gasteiger partial charge in [-0.2, -0.15) is 0 Å². The molecule has 110 valence electrons. The summed E-state index contributed by atoms with van der Waals surface area (Å²) < 4.78 is 2.06. The second kappa shape index (κ2) is 6.36. The van der Waals surface area contributed by atoms with E-state index in [0.29, 0.717) is 10.0 Å². The Bertz CT molecular complexity index is 722. The Kier molecular flexibility index (Phi) is 4.50. The molecule has 2 aromatic heterocycles. The van der Waals surface area contributed by atoms with Crippen molar-refractivity contribution in [1.29, 1.82) is 0 Å². The summed E-state index contributed by atoms with van der Waals surface area (Å²) in [6, 6.07) is 5.94. The summed E-state index contributed by atoms with van der Waals surface area (Å²) in [5.41, 5.74) is 2.19. The molecule has 0 aliphatic heterocycles. The molecular weight excluding hydrogens is 325 g/mol. The molecule has 21 heavy (non-hydrogen) atoms. The first-order valence-electron chi connectivity index (χ1n) is 6.68. The summed E-state index contributed by atoms with van der Waals surface area (Å²) in [4.78, 5) is 5.66. The van der Waals surface area contributed by atoms with Crippen molar-refractivity contribution in [3.8, 4) is 0 Å². The van der Waals surface area contributed by atoms with Gasteiger partial charge in [0, 0.05) is 40.3 Å². The molecule has 1 aromatic carbocycles. The first kappa shape index (κ1) is 14.9. The van der Waals surface area contributed by atoms with Crippen LogP contribution in [-0.2, 0) is 12.8 Å². The number of nitrogens with one attached hydrogen (secondary N) is 1. The molecule has 0 radical (unpaired) electrons. The number of hydrogen-bond acceptors (Lipinski definition) is 3. The predicted molar refractivity (Wildman–Crippen MR) is 89.8 cm³/mol. The molecule has 6 heteroatoms. The smallest absolute Gasteiger partial charge is 0.193 e. The maximum absolute atomic E-state index is 6.25. The van der Waals surface area contributed by atoms with Gasteiger partial charge in [-0.3, -0.25) is 4.40 Å². The predicted octanol–water partition coefficient (Wildman–Crippen LogP) is 4.08. The van der Waals surface area contributed by atoms with E-state index in [9.17, 15) is 0 Å². The van der Waals surface area contributed by atoms with Gasteiger partial charge in [0.05, 0.1) is 5.69 Å². The van der Waals surface area contributed by atoms with Crippen molar-refractivity contribution in [3.05, 3.63) is 57.3 Å². The molecule has 3 aromatic rings. The molecule has 0 bridgehead atoms. The van der Waals surface area contributed by atoms with Gasteiger partial charge in [0.25, 0.3) is 0 Å². The summed E-state index contributed by atoms with van der Waals surface area (Å²) in [7, 11) is 1.97. The highest BCUT2D eigenvalue weighted by Crippen LogP contribution is 2.23. The Morgan fingerprint density at radius 1 is 1.33 bits per heavy atom. The van der Waals surface area contributed by atoms with Gasteiger partial charge in [0.15, 0.2) is 4.96 Å². The van der Waals surface area contributed by atoms with Crippen LogP contribution in [0, 0.1) is 0 Å². The second-order valence-corrected chi connectivity index (χ2v) is 6.67. The molecule has 1 unspecified atom stereocenters. The third-order valence-electron chi connectivity index (χ3n) is 3.49. The fourth-order valence-electron chi connectivity index (χ4n) is 2.36. The van der Waals surface area contributed by atoms with Gasteiger partial charge in [0.2, 0.25) is 0 Å². The van der Waals surface area contributed by atoms with Crippen molar-refractivity contribution in [2.75, 3.05) is 7.05 Å². The summed E-state index contributed by atoms with van der Waals surface area (Å²) in [5.74, 6) is 0. The first-order valence-corrected chi connectivity index (χ1v) is 8.31. The van der Waals surface area contributed by atoms with Crippen molar-refractivity contribution >= 4 is 39.5 Å². The molecule has 2 heterocycles. The molecule has 1 atom stereocenters. The van der Waals surface area contributed by atoms with Crippen molar-refractivity contribution in [2.24, 2.45) is 0 Å². The second-order valence-electron chi connectivity index (χ2n) is 4.95. The Morgan fingerprint density at radius 3 is 2.90 bits per heavy atom. The number of fused-ring (bicyclic) bond motifs is 1. The average Bonchev–Trinajstić information content (AvgIpc) is 3.01. The minimum absolute atomic E-state index is 0.285. The highest BCUT2D eigenvalue weighted by atomic mass is 35.5. The molecule has 0 saturated carbocycles. The van der Waals surface area contributed by atoms with E-state index in [2.05, 4.69) is 20.9 Å². The number of benzene rings is 1. The molecule has 0 aliphatic rings.